The summed E-state index contributed by atoms with van der Waals surface area (Å²) in [5, 5.41) is 9.48. The highest BCUT2D eigenvalue weighted by atomic mass is 32.2. The molecule has 4 heteroatoms. The first-order valence-electron chi connectivity index (χ1n) is 6.08. The lowest BCUT2D eigenvalue weighted by Crippen LogP contribution is -1.96. The number of allylic oxidation sites excluding steroid dienone is 1. The van der Waals surface area contributed by atoms with Gasteiger partial charge in [-0.05, 0) is 31.2 Å². The van der Waals surface area contributed by atoms with Crippen molar-refractivity contribution in [2.75, 3.05) is 0 Å². The molecule has 0 saturated carbocycles. The molecule has 3 aromatic rings. The molecule has 0 aliphatic rings. The minimum Gasteiger partial charge on any atom is -0.206 e. The van der Waals surface area contributed by atoms with Crippen molar-refractivity contribution in [1.29, 1.82) is 0 Å². The normalized spacial score (nSPS) is 11.9. The molecule has 1 aromatic heterocycles. The molecule has 19 heavy (non-hydrogen) atoms. The van der Waals surface area contributed by atoms with Crippen LogP contribution in [0.25, 0.3) is 16.1 Å². The van der Waals surface area contributed by atoms with E-state index in [4.69, 9.17) is 0 Å². The third-order valence-corrected chi connectivity index (χ3v) is 3.90. The van der Waals surface area contributed by atoms with Gasteiger partial charge in [0.2, 0.25) is 0 Å². The van der Waals surface area contributed by atoms with Crippen LogP contribution in [-0.2, 0) is 0 Å². The van der Waals surface area contributed by atoms with Crippen molar-refractivity contribution >= 4 is 27.8 Å². The second-order valence-electron chi connectivity index (χ2n) is 4.03. The molecule has 3 nitrogen and oxygen atoms in total. The summed E-state index contributed by atoms with van der Waals surface area (Å²) in [4.78, 5) is 1.19. The number of hydrogen-bond acceptors (Lipinski definition) is 3. The van der Waals surface area contributed by atoms with Gasteiger partial charge in [-0.2, -0.15) is 0 Å². The van der Waals surface area contributed by atoms with Crippen molar-refractivity contribution in [2.24, 2.45) is 0 Å². The van der Waals surface area contributed by atoms with E-state index in [2.05, 4.69) is 28.5 Å². The maximum absolute atomic E-state index is 4.24. The summed E-state index contributed by atoms with van der Waals surface area (Å²) < 4.78 is 1.88. The van der Waals surface area contributed by atoms with Gasteiger partial charge in [-0.15, -0.1) is 5.10 Å². The molecular formula is C15H13N3S. The van der Waals surface area contributed by atoms with Crippen LogP contribution in [0.2, 0.25) is 0 Å². The molecule has 2 aromatic carbocycles. The highest BCUT2D eigenvalue weighted by Gasteiger charge is 2.08. The first kappa shape index (κ1) is 12.0. The molecule has 0 radical (unpaired) electrons. The molecule has 0 atom stereocenters. The lowest BCUT2D eigenvalue weighted by atomic mass is 10.3. The van der Waals surface area contributed by atoms with E-state index in [1.165, 1.54) is 4.90 Å². The van der Waals surface area contributed by atoms with Crippen molar-refractivity contribution in [3.63, 3.8) is 0 Å². The van der Waals surface area contributed by atoms with E-state index < -0.39 is 0 Å². The molecule has 0 bridgehead atoms. The van der Waals surface area contributed by atoms with E-state index in [1.54, 1.807) is 11.8 Å². The first-order chi connectivity index (χ1) is 9.38. The summed E-state index contributed by atoms with van der Waals surface area (Å²) in [5.41, 5.74) is 1.94. The monoisotopic (exact) mass is 267 g/mol. The van der Waals surface area contributed by atoms with Gasteiger partial charge in [0.15, 0.2) is 0 Å². The summed E-state index contributed by atoms with van der Waals surface area (Å²) in [6.45, 7) is 2.02. The van der Waals surface area contributed by atoms with Gasteiger partial charge < -0.3 is 0 Å². The summed E-state index contributed by atoms with van der Waals surface area (Å²) >= 11 is 1.68. The zero-order chi connectivity index (χ0) is 13.1. The first-order valence-corrected chi connectivity index (χ1v) is 6.90. The Bertz CT molecular complexity index is 716. The Balaban J connectivity index is 1.99. The highest BCUT2D eigenvalue weighted by molar-refractivity contribution is 8.08. The van der Waals surface area contributed by atoms with E-state index in [0.717, 1.165) is 16.1 Å². The minimum absolute atomic E-state index is 0.913. The second-order valence-corrected chi connectivity index (χ2v) is 5.13. The number of thioether (sulfide) groups is 1. The van der Waals surface area contributed by atoms with Crippen LogP contribution in [0.3, 0.4) is 0 Å². The van der Waals surface area contributed by atoms with Crippen molar-refractivity contribution < 1.29 is 0 Å². The molecule has 0 aliphatic carbocycles. The Hall–Kier alpha value is -2.07. The maximum Gasteiger partial charge on any atom is 0.113 e. The zero-order valence-electron chi connectivity index (χ0n) is 10.5. The number of hydrogen-bond donors (Lipinski definition) is 0. The Labute approximate surface area is 115 Å². The molecule has 0 N–H and O–H groups in total. The Kier molecular flexibility index (Phi) is 3.33. The summed E-state index contributed by atoms with van der Waals surface area (Å²) in [5.74, 6) is 0. The van der Waals surface area contributed by atoms with Crippen molar-refractivity contribution in [3.05, 3.63) is 60.7 Å². The van der Waals surface area contributed by atoms with Gasteiger partial charge in [0.05, 0.1) is 5.52 Å². The van der Waals surface area contributed by atoms with Gasteiger partial charge in [0.25, 0.3) is 0 Å². The molecule has 0 aliphatic heterocycles. The summed E-state index contributed by atoms with van der Waals surface area (Å²) in [6, 6.07) is 18.3. The molecule has 0 amide bonds. The molecule has 3 rings (SSSR count). The summed E-state index contributed by atoms with van der Waals surface area (Å²) in [6.07, 6.45) is 2.05. The molecule has 0 unspecified atom stereocenters. The standard InChI is InChI=1S/C15H13N3S/c1-2-15(19-12-8-4-3-5-9-12)18-14-11-7-6-10-13(14)16-17-18/h2-11H,1H3/b15-2-. The molecule has 94 valence electrons. The quantitative estimate of drug-likeness (QED) is 0.671. The topological polar surface area (TPSA) is 30.7 Å². The number of nitrogens with zero attached hydrogens (tertiary/aromatic N) is 3. The van der Waals surface area contributed by atoms with E-state index in [-0.39, 0.29) is 0 Å². The average Bonchev–Trinajstić information content (AvgIpc) is 2.90. The molecule has 0 spiro atoms. The average molecular weight is 267 g/mol. The van der Waals surface area contributed by atoms with Gasteiger partial charge in [-0.3, -0.25) is 0 Å². The van der Waals surface area contributed by atoms with Gasteiger partial charge in [-0.1, -0.05) is 53.4 Å². The predicted octanol–water partition coefficient (Wildman–Crippen LogP) is 4.04. The fraction of sp³-hybridized carbons (Fsp3) is 0.0667. The largest absolute Gasteiger partial charge is 0.206 e. The van der Waals surface area contributed by atoms with E-state index in [1.807, 2.05) is 54.1 Å². The van der Waals surface area contributed by atoms with Gasteiger partial charge >= 0.3 is 0 Å². The lowest BCUT2D eigenvalue weighted by molar-refractivity contribution is 0.854. The predicted molar refractivity (Wildman–Crippen MR) is 79.8 cm³/mol. The SMILES string of the molecule is C/C=C(\Sc1ccccc1)n1nnc2ccccc21. The minimum atomic E-state index is 0.913. The Morgan fingerprint density at radius 1 is 1.05 bits per heavy atom. The van der Waals surface area contributed by atoms with Gasteiger partial charge in [0, 0.05) is 4.90 Å². The fourth-order valence-electron chi connectivity index (χ4n) is 1.87. The van der Waals surface area contributed by atoms with Crippen LogP contribution in [-0.4, -0.2) is 15.0 Å². The zero-order valence-corrected chi connectivity index (χ0v) is 11.3. The third-order valence-electron chi connectivity index (χ3n) is 2.77. The number of rotatable bonds is 3. The lowest BCUT2D eigenvalue weighted by Gasteiger charge is -2.07. The number of benzene rings is 2. The van der Waals surface area contributed by atoms with Gasteiger partial charge in [-0.25, -0.2) is 4.68 Å². The molecule has 0 saturated heterocycles. The Morgan fingerprint density at radius 3 is 2.58 bits per heavy atom. The van der Waals surface area contributed by atoms with E-state index in [9.17, 15) is 0 Å². The van der Waals surface area contributed by atoms with Crippen molar-refractivity contribution in [1.82, 2.24) is 15.0 Å². The third kappa shape index (κ3) is 2.39. The maximum atomic E-state index is 4.24. The molecule has 0 fully saturated rings. The van der Waals surface area contributed by atoms with Crippen LogP contribution < -0.4 is 0 Å². The van der Waals surface area contributed by atoms with Crippen LogP contribution in [0.15, 0.2) is 65.6 Å². The fourth-order valence-corrected chi connectivity index (χ4v) is 2.74. The van der Waals surface area contributed by atoms with E-state index in [0.29, 0.717) is 0 Å². The molecule has 1 heterocycles. The van der Waals surface area contributed by atoms with Crippen LogP contribution in [0.5, 0.6) is 0 Å². The van der Waals surface area contributed by atoms with Crippen LogP contribution in [0.1, 0.15) is 6.92 Å². The van der Waals surface area contributed by atoms with Crippen LogP contribution in [0.4, 0.5) is 0 Å². The summed E-state index contributed by atoms with van der Waals surface area (Å²) in [7, 11) is 0. The van der Waals surface area contributed by atoms with Crippen LogP contribution in [0, 0.1) is 0 Å². The number of fused-ring (bicyclic) bond motifs is 1. The van der Waals surface area contributed by atoms with Crippen molar-refractivity contribution in [3.8, 4) is 0 Å². The smallest absolute Gasteiger partial charge is 0.113 e. The van der Waals surface area contributed by atoms with Crippen LogP contribution >= 0.6 is 11.8 Å². The van der Waals surface area contributed by atoms with Gasteiger partial charge in [0.1, 0.15) is 10.5 Å². The molecular weight excluding hydrogens is 254 g/mol. The number of aromatic nitrogens is 3. The Morgan fingerprint density at radius 2 is 1.79 bits per heavy atom. The van der Waals surface area contributed by atoms with E-state index >= 15 is 0 Å². The van der Waals surface area contributed by atoms with Crippen molar-refractivity contribution in [2.45, 2.75) is 11.8 Å². The highest BCUT2D eigenvalue weighted by Crippen LogP contribution is 2.31. The number of para-hydroxylation sites is 1. The second kappa shape index (κ2) is 5.28.